The van der Waals surface area contributed by atoms with Crippen LogP contribution in [0, 0.1) is 0 Å². The van der Waals surface area contributed by atoms with Gasteiger partial charge >= 0.3 is 11.9 Å². The normalized spacial score (nSPS) is 12.3. The predicted molar refractivity (Wildman–Crippen MR) is 161 cm³/mol. The van der Waals surface area contributed by atoms with Crippen LogP contribution in [-0.4, -0.2) is 50.7 Å². The van der Waals surface area contributed by atoms with Gasteiger partial charge in [0, 0.05) is 12.8 Å². The number of carbonyl (C=O) groups is 2. The third-order valence-corrected chi connectivity index (χ3v) is 7.21. The molecule has 0 aliphatic carbocycles. The Hall–Kier alpha value is -1.36. The lowest BCUT2D eigenvalue weighted by molar-refractivity contribution is -0.150. The number of ether oxygens (including phenoxy) is 2. The number of methoxy groups -OCH3 is 1. The van der Waals surface area contributed by atoms with Crippen LogP contribution in [0.3, 0.4) is 0 Å². The number of nitrogens with zero attached hydrogens (tertiary/aromatic N) is 1. The third kappa shape index (κ3) is 27.7. The van der Waals surface area contributed by atoms with Gasteiger partial charge in [0.2, 0.25) is 0 Å². The molecule has 38 heavy (non-hydrogen) atoms. The van der Waals surface area contributed by atoms with E-state index in [9.17, 15) is 9.59 Å². The van der Waals surface area contributed by atoms with E-state index in [1.54, 1.807) is 0 Å². The summed E-state index contributed by atoms with van der Waals surface area (Å²) in [5.74, 6) is -0.0939. The molecule has 0 fully saturated rings. The highest BCUT2D eigenvalue weighted by atomic mass is 16.5. The monoisotopic (exact) mass is 537 g/mol. The molecule has 0 heterocycles. The lowest BCUT2D eigenvalue weighted by Crippen LogP contribution is -2.20. The van der Waals surface area contributed by atoms with Gasteiger partial charge in [0.05, 0.1) is 7.11 Å². The highest BCUT2D eigenvalue weighted by Crippen LogP contribution is 2.18. The van der Waals surface area contributed by atoms with Crippen LogP contribution in [-0.2, 0) is 19.1 Å². The maximum atomic E-state index is 12.3. The molecular formula is C33H63NO4. The fraction of sp³-hybridized carbons (Fsp3) is 0.879. The van der Waals surface area contributed by atoms with E-state index in [-0.39, 0.29) is 18.0 Å². The molecule has 224 valence electrons. The molecule has 0 saturated carbocycles. The van der Waals surface area contributed by atoms with Crippen molar-refractivity contribution < 1.29 is 19.1 Å². The quantitative estimate of drug-likeness (QED) is 0.0565. The minimum absolute atomic E-state index is 0.00546. The number of unbranched alkanes of at least 4 members (excludes halogenated alkanes) is 15. The molecule has 0 aromatic heterocycles. The summed E-state index contributed by atoms with van der Waals surface area (Å²) >= 11 is 0. The van der Waals surface area contributed by atoms with Gasteiger partial charge in [-0.1, -0.05) is 89.7 Å². The summed E-state index contributed by atoms with van der Waals surface area (Å²) in [7, 11) is 5.55. The molecule has 0 aliphatic rings. The van der Waals surface area contributed by atoms with Crippen LogP contribution < -0.4 is 0 Å². The van der Waals surface area contributed by atoms with Crippen LogP contribution in [0.1, 0.15) is 155 Å². The van der Waals surface area contributed by atoms with Crippen LogP contribution in [0.4, 0.5) is 0 Å². The van der Waals surface area contributed by atoms with Crippen molar-refractivity contribution in [1.29, 1.82) is 0 Å². The standard InChI is InChI=1S/C33H63NO4/c1-5-6-7-19-22-26-31(38-33(36)29-25-30-34(2)3)27-23-20-17-15-13-11-9-8-10-12-14-16-18-21-24-28-32(35)37-4/h8,10,31H,5-7,9,11-30H2,1-4H3/b10-8-. The Labute approximate surface area is 236 Å². The summed E-state index contributed by atoms with van der Waals surface area (Å²) in [5, 5.41) is 0. The minimum Gasteiger partial charge on any atom is -0.469 e. The number of esters is 2. The highest BCUT2D eigenvalue weighted by molar-refractivity contribution is 5.69. The van der Waals surface area contributed by atoms with Crippen molar-refractivity contribution in [3.63, 3.8) is 0 Å². The first-order chi connectivity index (χ1) is 18.5. The van der Waals surface area contributed by atoms with Crippen LogP contribution in [0.25, 0.3) is 0 Å². The van der Waals surface area contributed by atoms with E-state index in [1.807, 2.05) is 14.1 Å². The molecule has 0 amide bonds. The van der Waals surface area contributed by atoms with E-state index >= 15 is 0 Å². The van der Waals surface area contributed by atoms with E-state index in [4.69, 9.17) is 4.74 Å². The van der Waals surface area contributed by atoms with Gasteiger partial charge in [0.15, 0.2) is 0 Å². The van der Waals surface area contributed by atoms with Gasteiger partial charge in [0.1, 0.15) is 6.10 Å². The van der Waals surface area contributed by atoms with E-state index < -0.39 is 0 Å². The van der Waals surface area contributed by atoms with Crippen molar-refractivity contribution in [2.24, 2.45) is 0 Å². The summed E-state index contributed by atoms with van der Waals surface area (Å²) in [4.78, 5) is 25.5. The topological polar surface area (TPSA) is 55.8 Å². The molecule has 0 N–H and O–H groups in total. The van der Waals surface area contributed by atoms with Gasteiger partial charge in [0.25, 0.3) is 0 Å². The molecule has 0 spiro atoms. The Balaban J connectivity index is 3.77. The van der Waals surface area contributed by atoms with Crippen LogP contribution in [0.2, 0.25) is 0 Å². The third-order valence-electron chi connectivity index (χ3n) is 7.21. The van der Waals surface area contributed by atoms with Gasteiger partial charge in [-0.15, -0.1) is 0 Å². The molecule has 0 bridgehead atoms. The minimum atomic E-state index is -0.0885. The fourth-order valence-electron chi connectivity index (χ4n) is 4.76. The van der Waals surface area contributed by atoms with E-state index in [2.05, 4.69) is 28.7 Å². The Morgan fingerprint density at radius 1 is 0.632 bits per heavy atom. The Morgan fingerprint density at radius 2 is 1.11 bits per heavy atom. The molecule has 5 nitrogen and oxygen atoms in total. The van der Waals surface area contributed by atoms with E-state index in [0.717, 1.165) is 38.6 Å². The number of hydrogen-bond acceptors (Lipinski definition) is 5. The molecule has 0 radical (unpaired) electrons. The molecule has 0 rings (SSSR count). The second-order valence-corrected chi connectivity index (χ2v) is 11.3. The predicted octanol–water partition coefficient (Wildman–Crippen LogP) is 9.18. The molecule has 0 saturated heterocycles. The zero-order valence-corrected chi connectivity index (χ0v) is 25.8. The molecule has 0 aliphatic heterocycles. The lowest BCUT2D eigenvalue weighted by atomic mass is 10.0. The van der Waals surface area contributed by atoms with Gasteiger partial charge in [-0.05, 0) is 84.8 Å². The van der Waals surface area contributed by atoms with Crippen LogP contribution >= 0.6 is 0 Å². The van der Waals surface area contributed by atoms with Gasteiger partial charge in [-0.25, -0.2) is 0 Å². The zero-order chi connectivity index (χ0) is 28.1. The van der Waals surface area contributed by atoms with Gasteiger partial charge < -0.3 is 14.4 Å². The average Bonchev–Trinajstić information content (AvgIpc) is 2.89. The maximum absolute atomic E-state index is 12.3. The van der Waals surface area contributed by atoms with Crippen molar-refractivity contribution in [2.75, 3.05) is 27.7 Å². The van der Waals surface area contributed by atoms with E-state index in [0.29, 0.717) is 12.8 Å². The number of rotatable bonds is 28. The van der Waals surface area contributed by atoms with Crippen LogP contribution in [0.5, 0.6) is 0 Å². The number of allylic oxidation sites excluding steroid dienone is 2. The second-order valence-electron chi connectivity index (χ2n) is 11.3. The Morgan fingerprint density at radius 3 is 1.63 bits per heavy atom. The van der Waals surface area contributed by atoms with Crippen molar-refractivity contribution >= 4 is 11.9 Å². The van der Waals surface area contributed by atoms with E-state index in [1.165, 1.54) is 110 Å². The average molecular weight is 538 g/mol. The second kappa shape index (κ2) is 28.6. The van der Waals surface area contributed by atoms with Crippen molar-refractivity contribution in [3.8, 4) is 0 Å². The molecule has 5 heteroatoms. The summed E-state index contributed by atoms with van der Waals surface area (Å²) in [6.45, 7) is 3.19. The SMILES string of the molecule is CCCCCCCC(CCCCCCCC/C=C\CCCCCCCC(=O)OC)OC(=O)CCCN(C)C. The number of carbonyl (C=O) groups excluding carboxylic acids is 2. The first-order valence-electron chi connectivity index (χ1n) is 16.1. The number of hydrogen-bond donors (Lipinski definition) is 0. The Bertz CT molecular complexity index is 561. The maximum Gasteiger partial charge on any atom is 0.306 e. The van der Waals surface area contributed by atoms with Crippen LogP contribution in [0.15, 0.2) is 12.2 Å². The molecular weight excluding hydrogens is 474 g/mol. The summed E-state index contributed by atoms with van der Waals surface area (Å²) in [6, 6.07) is 0. The van der Waals surface area contributed by atoms with Crippen molar-refractivity contribution in [3.05, 3.63) is 12.2 Å². The highest BCUT2D eigenvalue weighted by Gasteiger charge is 2.14. The zero-order valence-electron chi connectivity index (χ0n) is 25.8. The first kappa shape index (κ1) is 36.6. The fourth-order valence-corrected chi connectivity index (χ4v) is 4.76. The molecule has 0 aromatic rings. The van der Waals surface area contributed by atoms with Crippen molar-refractivity contribution in [1.82, 2.24) is 4.90 Å². The van der Waals surface area contributed by atoms with Crippen molar-refractivity contribution in [2.45, 2.75) is 161 Å². The first-order valence-corrected chi connectivity index (χ1v) is 16.1. The summed E-state index contributed by atoms with van der Waals surface area (Å²) in [6.07, 6.45) is 31.0. The van der Waals surface area contributed by atoms with Gasteiger partial charge in [-0.2, -0.15) is 0 Å². The summed E-state index contributed by atoms with van der Waals surface area (Å²) in [5.41, 5.74) is 0. The molecule has 1 atom stereocenters. The van der Waals surface area contributed by atoms with Gasteiger partial charge in [-0.3, -0.25) is 9.59 Å². The Kier molecular flexibility index (Phi) is 27.6. The molecule has 1 unspecified atom stereocenters. The molecule has 0 aromatic carbocycles. The summed E-state index contributed by atoms with van der Waals surface area (Å²) < 4.78 is 10.6. The largest absolute Gasteiger partial charge is 0.469 e. The lowest BCUT2D eigenvalue weighted by Gasteiger charge is -2.18. The smallest absolute Gasteiger partial charge is 0.306 e.